The highest BCUT2D eigenvalue weighted by Gasteiger charge is 2.31. The third-order valence-electron chi connectivity index (χ3n) is 3.51. The molecule has 0 saturated carbocycles. The van der Waals surface area contributed by atoms with Gasteiger partial charge in [0, 0.05) is 16.7 Å². The van der Waals surface area contributed by atoms with Gasteiger partial charge in [-0.25, -0.2) is 0 Å². The number of rotatable bonds is 4. The van der Waals surface area contributed by atoms with Crippen molar-refractivity contribution in [1.82, 2.24) is 0 Å². The molecular formula is C16H12O6S. The average molecular weight is 332 g/mol. The van der Waals surface area contributed by atoms with Crippen LogP contribution in [0.2, 0.25) is 0 Å². The van der Waals surface area contributed by atoms with Gasteiger partial charge in [-0.05, 0) is 6.07 Å². The highest BCUT2D eigenvalue weighted by molar-refractivity contribution is 7.85. The van der Waals surface area contributed by atoms with Crippen LogP contribution < -0.4 is 4.74 Å². The summed E-state index contributed by atoms with van der Waals surface area (Å²) >= 11 is 0. The van der Waals surface area contributed by atoms with E-state index in [-0.39, 0.29) is 40.6 Å². The van der Waals surface area contributed by atoms with Crippen LogP contribution in [0, 0.1) is 0 Å². The standard InChI is InChI=1S/C16H12O6S/c17-15-10-4-1-2-5-11(10)16(18)14-12(15)6-3-7-13(14)22-8-9-23(19,20)21/h1-7H,8-9H2,(H,19,20,21). The predicted molar refractivity (Wildman–Crippen MR) is 81.7 cm³/mol. The van der Waals surface area contributed by atoms with Crippen LogP contribution in [-0.2, 0) is 10.1 Å². The van der Waals surface area contributed by atoms with Crippen molar-refractivity contribution in [3.8, 4) is 5.75 Å². The van der Waals surface area contributed by atoms with E-state index in [1.54, 1.807) is 30.3 Å². The zero-order valence-corrected chi connectivity index (χ0v) is 12.7. The molecule has 1 aliphatic rings. The Labute approximate surface area is 132 Å². The van der Waals surface area contributed by atoms with Crippen molar-refractivity contribution >= 4 is 21.7 Å². The number of ketones is 2. The zero-order valence-electron chi connectivity index (χ0n) is 11.9. The molecule has 2 aromatic rings. The minimum absolute atomic E-state index is 0.117. The first-order valence-electron chi connectivity index (χ1n) is 6.78. The second-order valence-electron chi connectivity index (χ2n) is 5.02. The summed E-state index contributed by atoms with van der Waals surface area (Å²) in [5.41, 5.74) is 0.959. The summed E-state index contributed by atoms with van der Waals surface area (Å²) in [4.78, 5) is 25.1. The molecule has 1 N–H and O–H groups in total. The predicted octanol–water partition coefficient (Wildman–Crippen LogP) is 1.73. The summed E-state index contributed by atoms with van der Waals surface area (Å²) in [5, 5.41) is 0. The fourth-order valence-electron chi connectivity index (χ4n) is 2.49. The second kappa shape index (κ2) is 5.60. The Morgan fingerprint density at radius 1 is 0.870 bits per heavy atom. The van der Waals surface area contributed by atoms with Crippen LogP contribution in [0.5, 0.6) is 5.75 Å². The first kappa shape index (κ1) is 15.4. The zero-order chi connectivity index (χ0) is 16.6. The number of carbonyl (C=O) groups is 2. The lowest BCUT2D eigenvalue weighted by Crippen LogP contribution is -2.22. The highest BCUT2D eigenvalue weighted by atomic mass is 32.2. The molecule has 0 fully saturated rings. The summed E-state index contributed by atoms with van der Waals surface area (Å²) in [6.45, 7) is -0.321. The first-order chi connectivity index (χ1) is 10.9. The fraction of sp³-hybridized carbons (Fsp3) is 0.125. The lowest BCUT2D eigenvalue weighted by molar-refractivity contribution is 0.0976. The van der Waals surface area contributed by atoms with E-state index in [4.69, 9.17) is 9.29 Å². The molecule has 7 heteroatoms. The lowest BCUT2D eigenvalue weighted by Gasteiger charge is -2.19. The van der Waals surface area contributed by atoms with Crippen LogP contribution in [0.15, 0.2) is 42.5 Å². The van der Waals surface area contributed by atoms with Gasteiger partial charge in [-0.15, -0.1) is 0 Å². The minimum Gasteiger partial charge on any atom is -0.492 e. The Balaban J connectivity index is 2.01. The SMILES string of the molecule is O=C1c2ccccc2C(=O)c2c(OCCS(=O)(=O)O)cccc21. The molecule has 0 radical (unpaired) electrons. The number of benzene rings is 2. The van der Waals surface area contributed by atoms with E-state index in [1.165, 1.54) is 12.1 Å². The molecule has 2 aromatic carbocycles. The number of fused-ring (bicyclic) bond motifs is 2. The van der Waals surface area contributed by atoms with E-state index in [0.29, 0.717) is 5.56 Å². The van der Waals surface area contributed by atoms with Gasteiger partial charge in [0.15, 0.2) is 11.6 Å². The van der Waals surface area contributed by atoms with E-state index in [2.05, 4.69) is 0 Å². The van der Waals surface area contributed by atoms with Gasteiger partial charge in [-0.3, -0.25) is 14.1 Å². The number of carbonyl (C=O) groups excluding carboxylic acids is 2. The Morgan fingerprint density at radius 3 is 2.13 bits per heavy atom. The molecule has 0 aromatic heterocycles. The molecule has 0 bridgehead atoms. The van der Waals surface area contributed by atoms with Gasteiger partial charge in [0.25, 0.3) is 10.1 Å². The summed E-state index contributed by atoms with van der Waals surface area (Å²) in [7, 11) is -4.17. The second-order valence-corrected chi connectivity index (χ2v) is 6.59. The van der Waals surface area contributed by atoms with Gasteiger partial charge in [-0.2, -0.15) is 8.42 Å². The minimum atomic E-state index is -4.17. The van der Waals surface area contributed by atoms with Crippen LogP contribution in [0.3, 0.4) is 0 Å². The van der Waals surface area contributed by atoms with Crippen molar-refractivity contribution in [2.24, 2.45) is 0 Å². The summed E-state index contributed by atoms with van der Waals surface area (Å²) in [6, 6.07) is 11.1. The molecule has 118 valence electrons. The van der Waals surface area contributed by atoms with Crippen LogP contribution >= 0.6 is 0 Å². The van der Waals surface area contributed by atoms with E-state index in [9.17, 15) is 18.0 Å². The Kier molecular flexibility index (Phi) is 3.75. The van der Waals surface area contributed by atoms with Gasteiger partial charge in [0.05, 0.1) is 5.56 Å². The maximum atomic E-state index is 12.6. The average Bonchev–Trinajstić information content (AvgIpc) is 2.51. The molecule has 0 aliphatic heterocycles. The smallest absolute Gasteiger partial charge is 0.268 e. The van der Waals surface area contributed by atoms with Crippen LogP contribution in [0.1, 0.15) is 31.8 Å². The molecule has 0 unspecified atom stereocenters. The third kappa shape index (κ3) is 2.88. The Morgan fingerprint density at radius 2 is 1.48 bits per heavy atom. The number of ether oxygens (including phenoxy) is 1. The van der Waals surface area contributed by atoms with Crippen molar-refractivity contribution in [2.75, 3.05) is 12.4 Å². The fourth-order valence-corrected chi connectivity index (χ4v) is 2.78. The molecule has 6 nitrogen and oxygen atoms in total. The van der Waals surface area contributed by atoms with Crippen LogP contribution in [0.25, 0.3) is 0 Å². The van der Waals surface area contributed by atoms with Crippen molar-refractivity contribution < 1.29 is 27.3 Å². The number of hydrogen-bond acceptors (Lipinski definition) is 5. The van der Waals surface area contributed by atoms with Gasteiger partial charge >= 0.3 is 0 Å². The maximum absolute atomic E-state index is 12.6. The van der Waals surface area contributed by atoms with Gasteiger partial charge in [-0.1, -0.05) is 36.4 Å². The largest absolute Gasteiger partial charge is 0.492 e. The normalized spacial score (nSPS) is 13.4. The van der Waals surface area contributed by atoms with E-state index in [0.717, 1.165) is 0 Å². The van der Waals surface area contributed by atoms with Crippen LogP contribution in [0.4, 0.5) is 0 Å². The summed E-state index contributed by atoms with van der Waals surface area (Å²) in [6.07, 6.45) is 0. The molecule has 0 saturated heterocycles. The maximum Gasteiger partial charge on any atom is 0.268 e. The quantitative estimate of drug-likeness (QED) is 0.731. The Bertz CT molecular complexity index is 914. The first-order valence-corrected chi connectivity index (χ1v) is 8.39. The number of hydrogen-bond donors (Lipinski definition) is 1. The molecule has 23 heavy (non-hydrogen) atoms. The Hall–Kier alpha value is -2.51. The molecule has 0 amide bonds. The van der Waals surface area contributed by atoms with Crippen molar-refractivity contribution in [3.05, 3.63) is 64.7 Å². The summed E-state index contributed by atoms with van der Waals surface area (Å²) in [5.74, 6) is -1.11. The highest BCUT2D eigenvalue weighted by Crippen LogP contribution is 2.33. The van der Waals surface area contributed by atoms with Crippen molar-refractivity contribution in [1.29, 1.82) is 0 Å². The summed E-state index contributed by atoms with van der Waals surface area (Å²) < 4.78 is 35.5. The van der Waals surface area contributed by atoms with Crippen molar-refractivity contribution in [3.63, 3.8) is 0 Å². The van der Waals surface area contributed by atoms with E-state index >= 15 is 0 Å². The molecule has 3 rings (SSSR count). The van der Waals surface area contributed by atoms with Crippen molar-refractivity contribution in [2.45, 2.75) is 0 Å². The van der Waals surface area contributed by atoms with E-state index in [1.807, 2.05) is 0 Å². The topological polar surface area (TPSA) is 97.7 Å². The molecular weight excluding hydrogens is 320 g/mol. The molecule has 0 heterocycles. The van der Waals surface area contributed by atoms with Crippen LogP contribution in [-0.4, -0.2) is 36.9 Å². The molecule has 1 aliphatic carbocycles. The van der Waals surface area contributed by atoms with Gasteiger partial charge in [0.2, 0.25) is 0 Å². The van der Waals surface area contributed by atoms with E-state index < -0.39 is 15.9 Å². The molecule has 0 spiro atoms. The monoisotopic (exact) mass is 332 g/mol. The van der Waals surface area contributed by atoms with Gasteiger partial charge < -0.3 is 4.74 Å². The molecule has 0 atom stereocenters. The third-order valence-corrected chi connectivity index (χ3v) is 4.20. The lowest BCUT2D eigenvalue weighted by atomic mass is 9.84. The van der Waals surface area contributed by atoms with Gasteiger partial charge in [0.1, 0.15) is 18.1 Å².